The molecule has 4 nitrogen and oxygen atoms in total. The summed E-state index contributed by atoms with van der Waals surface area (Å²) in [6, 6.07) is 56.7. The van der Waals surface area contributed by atoms with E-state index in [0.717, 1.165) is 56.9 Å². The van der Waals surface area contributed by atoms with Crippen LogP contribution in [0.15, 0.2) is 158 Å². The van der Waals surface area contributed by atoms with Gasteiger partial charge in [-0.2, -0.15) is 0 Å². The molecule has 8 aromatic carbocycles. The predicted octanol–water partition coefficient (Wildman–Crippen LogP) is 12.6. The minimum absolute atomic E-state index is 0.848. The van der Waals surface area contributed by atoms with Gasteiger partial charge in [0.25, 0.3) is 0 Å². The average molecular weight is 804 g/mol. The summed E-state index contributed by atoms with van der Waals surface area (Å²) in [6.07, 6.45) is 0. The summed E-state index contributed by atoms with van der Waals surface area (Å²) in [7, 11) is 0. The van der Waals surface area contributed by atoms with Crippen molar-refractivity contribution in [3.05, 3.63) is 158 Å². The quantitative estimate of drug-likeness (QED) is 0.174. The molecule has 2 aromatic heterocycles. The van der Waals surface area contributed by atoms with E-state index >= 15 is 0 Å². The molecule has 2 N–H and O–H groups in total. The summed E-state index contributed by atoms with van der Waals surface area (Å²) in [5.74, 6) is 3.42. The van der Waals surface area contributed by atoms with E-state index in [4.69, 9.17) is 9.47 Å². The summed E-state index contributed by atoms with van der Waals surface area (Å²) in [6.45, 7) is 0. The molecule has 0 atom stereocenters. The van der Waals surface area contributed by atoms with Crippen molar-refractivity contribution in [3.8, 4) is 45.3 Å². The van der Waals surface area contributed by atoms with Gasteiger partial charge in [-0.3, -0.25) is 0 Å². The van der Waals surface area contributed by atoms with E-state index in [9.17, 15) is 0 Å². The molecular formula is C48H30GeN2O2S2. The number of para-hydroxylation sites is 2. The third-order valence-electron chi connectivity index (χ3n) is 11.0. The van der Waals surface area contributed by atoms with Crippen molar-refractivity contribution in [3.63, 3.8) is 0 Å². The fourth-order valence-electron chi connectivity index (χ4n) is 8.52. The number of anilines is 4. The van der Waals surface area contributed by atoms with Crippen LogP contribution in [0.2, 0.25) is 0 Å². The molecule has 260 valence electrons. The molecule has 0 amide bonds. The molecule has 2 aliphatic heterocycles. The number of fused-ring (bicyclic) bond motifs is 12. The van der Waals surface area contributed by atoms with Crippen molar-refractivity contribution in [2.24, 2.45) is 0 Å². The molecule has 12 rings (SSSR count). The topological polar surface area (TPSA) is 42.5 Å². The van der Waals surface area contributed by atoms with E-state index in [1.54, 1.807) is 0 Å². The molecule has 0 spiro atoms. The standard InChI is InChI=1S/C48H30GeN2O2S2/c1-5-17-33(27(11-1)29-15-9-19-35-45(29)50-47-37(52-35)23-25-41-43(47)31-13-3-7-21-39(31)54-41)49-34-18-6-2-12-28(34)30-16-10-20-36-46(30)51-48-38(53-36)24-26-42-44(48)32-14-4-8-22-40(32)55-42/h1-26,50-51H,49H2. The molecule has 10 aromatic rings. The minimum atomic E-state index is -1.59. The van der Waals surface area contributed by atoms with Crippen LogP contribution in [0, 0.1) is 0 Å². The molecule has 2 aliphatic rings. The summed E-state index contributed by atoms with van der Waals surface area (Å²) in [4.78, 5) is 0. The molecule has 0 fully saturated rings. The second kappa shape index (κ2) is 12.2. The van der Waals surface area contributed by atoms with Crippen molar-refractivity contribution in [1.29, 1.82) is 0 Å². The van der Waals surface area contributed by atoms with Gasteiger partial charge in [-0.15, -0.1) is 0 Å². The normalized spacial score (nSPS) is 12.7. The maximum atomic E-state index is 6.66. The van der Waals surface area contributed by atoms with Crippen LogP contribution in [0.4, 0.5) is 22.7 Å². The van der Waals surface area contributed by atoms with Crippen LogP contribution < -0.4 is 28.9 Å². The van der Waals surface area contributed by atoms with E-state index in [1.165, 1.54) is 60.3 Å². The van der Waals surface area contributed by atoms with E-state index in [1.807, 2.05) is 22.7 Å². The summed E-state index contributed by atoms with van der Waals surface area (Å²) < 4.78 is 21.2. The van der Waals surface area contributed by atoms with E-state index in [0.29, 0.717) is 0 Å². The van der Waals surface area contributed by atoms with Crippen LogP contribution in [-0.2, 0) is 0 Å². The monoisotopic (exact) mass is 804 g/mol. The van der Waals surface area contributed by atoms with Gasteiger partial charge in [-0.05, 0) is 0 Å². The van der Waals surface area contributed by atoms with Crippen LogP contribution in [0.1, 0.15) is 0 Å². The zero-order chi connectivity index (χ0) is 36.0. The molecule has 7 heteroatoms. The second-order valence-corrected chi connectivity index (χ2v) is 20.2. The van der Waals surface area contributed by atoms with Crippen LogP contribution in [0.25, 0.3) is 62.6 Å². The average Bonchev–Trinajstić information content (AvgIpc) is 3.81. The third kappa shape index (κ3) is 4.88. The Morgan fingerprint density at radius 2 is 0.764 bits per heavy atom. The SMILES string of the molecule is c1ccc(-c2cccc3c2Nc2c(ccc4sc5ccccc5c24)O3)[c]([GeH2][c]2ccccc2-c2cccc3c2Nc2c(ccc4sc5ccccc5c24)O3)c1. The fraction of sp³-hybridized carbons (Fsp3) is 0. The Labute approximate surface area is 331 Å². The van der Waals surface area contributed by atoms with Gasteiger partial charge in [0.05, 0.1) is 0 Å². The van der Waals surface area contributed by atoms with Crippen LogP contribution in [-0.4, -0.2) is 15.4 Å². The Balaban J connectivity index is 0.946. The number of thiophene rings is 2. The summed E-state index contributed by atoms with van der Waals surface area (Å²) >= 11 is 2.06. The fourth-order valence-corrected chi connectivity index (χ4v) is 14.8. The number of nitrogens with one attached hydrogen (secondary N) is 2. The van der Waals surface area contributed by atoms with Crippen LogP contribution in [0.5, 0.6) is 23.0 Å². The van der Waals surface area contributed by atoms with Gasteiger partial charge in [0.2, 0.25) is 0 Å². The first kappa shape index (κ1) is 31.3. The summed E-state index contributed by atoms with van der Waals surface area (Å²) in [5, 5.41) is 12.8. The van der Waals surface area contributed by atoms with Gasteiger partial charge < -0.3 is 0 Å². The predicted molar refractivity (Wildman–Crippen MR) is 237 cm³/mol. The maximum absolute atomic E-state index is 6.66. The molecule has 0 aliphatic carbocycles. The van der Waals surface area contributed by atoms with Crippen molar-refractivity contribution >= 4 is 110 Å². The van der Waals surface area contributed by atoms with E-state index < -0.39 is 15.4 Å². The number of ether oxygens (including phenoxy) is 2. The van der Waals surface area contributed by atoms with Gasteiger partial charge in [0.1, 0.15) is 0 Å². The Bertz CT molecular complexity index is 3010. The number of rotatable bonds is 4. The molecular weight excluding hydrogens is 773 g/mol. The summed E-state index contributed by atoms with van der Waals surface area (Å²) in [5.41, 5.74) is 8.95. The Morgan fingerprint density at radius 3 is 1.27 bits per heavy atom. The zero-order valence-corrected chi connectivity index (χ0v) is 34.0. The molecule has 0 saturated carbocycles. The third-order valence-corrected chi connectivity index (χ3v) is 17.5. The van der Waals surface area contributed by atoms with Crippen molar-refractivity contribution in [1.82, 2.24) is 0 Å². The van der Waals surface area contributed by atoms with Gasteiger partial charge in [0, 0.05) is 0 Å². The molecule has 0 bridgehead atoms. The first-order chi connectivity index (χ1) is 27.2. The van der Waals surface area contributed by atoms with Gasteiger partial charge in [-0.1, -0.05) is 0 Å². The van der Waals surface area contributed by atoms with Crippen molar-refractivity contribution in [2.75, 3.05) is 10.6 Å². The van der Waals surface area contributed by atoms with Gasteiger partial charge in [-0.25, -0.2) is 0 Å². The number of benzene rings is 8. The second-order valence-electron chi connectivity index (χ2n) is 14.1. The molecule has 0 unspecified atom stereocenters. The number of hydrogen-bond donors (Lipinski definition) is 2. The molecule has 0 saturated heterocycles. The Hall–Kier alpha value is -6.06. The van der Waals surface area contributed by atoms with E-state index in [2.05, 4.69) is 168 Å². The number of hydrogen-bond acceptors (Lipinski definition) is 6. The first-order valence-corrected chi connectivity index (χ1v) is 23.1. The van der Waals surface area contributed by atoms with Gasteiger partial charge in [0.15, 0.2) is 0 Å². The first-order valence-electron chi connectivity index (χ1n) is 18.5. The van der Waals surface area contributed by atoms with Crippen LogP contribution in [0.3, 0.4) is 0 Å². The Kier molecular flexibility index (Phi) is 6.96. The van der Waals surface area contributed by atoms with Gasteiger partial charge >= 0.3 is 333 Å². The molecule has 55 heavy (non-hydrogen) atoms. The van der Waals surface area contributed by atoms with E-state index in [-0.39, 0.29) is 0 Å². The van der Waals surface area contributed by atoms with Crippen molar-refractivity contribution in [2.45, 2.75) is 0 Å². The zero-order valence-electron chi connectivity index (χ0n) is 29.4. The van der Waals surface area contributed by atoms with Crippen LogP contribution >= 0.6 is 22.7 Å². The molecule has 0 radical (unpaired) electrons. The molecule has 4 heterocycles. The Morgan fingerprint density at radius 1 is 0.345 bits per heavy atom. The van der Waals surface area contributed by atoms with Crippen molar-refractivity contribution < 1.29 is 9.47 Å².